The smallest absolute Gasteiger partial charge is 0.146 e. The normalized spacial score (nSPS) is 11.9. The molecule has 0 radical (unpaired) electrons. The molecule has 0 spiro atoms. The lowest BCUT2D eigenvalue weighted by atomic mass is 10.0. The molecule has 0 atom stereocenters. The van der Waals surface area contributed by atoms with Crippen LogP contribution in [0.3, 0.4) is 0 Å². The number of fused-ring (bicyclic) bond motifs is 6. The van der Waals surface area contributed by atoms with Gasteiger partial charge in [0.15, 0.2) is 0 Å². The van der Waals surface area contributed by atoms with Crippen molar-refractivity contribution in [1.29, 1.82) is 0 Å². The molecule has 3 nitrogen and oxygen atoms in total. The van der Waals surface area contributed by atoms with Gasteiger partial charge < -0.3 is 8.98 Å². The molecule has 0 aliphatic rings. The second-order valence-electron chi connectivity index (χ2n) is 7.38. The van der Waals surface area contributed by atoms with E-state index in [0.717, 1.165) is 44.5 Å². The first-order valence-electron chi connectivity index (χ1n) is 9.48. The number of hydrogen-bond donors (Lipinski definition) is 0. The number of para-hydroxylation sites is 2. The molecule has 0 saturated carbocycles. The van der Waals surface area contributed by atoms with Gasteiger partial charge in [0.05, 0.1) is 16.6 Å². The summed E-state index contributed by atoms with van der Waals surface area (Å²) in [5.41, 5.74) is 6.17. The highest BCUT2D eigenvalue weighted by Crippen LogP contribution is 2.40. The molecule has 0 aliphatic heterocycles. The Morgan fingerprint density at radius 3 is 2.54 bits per heavy atom. The van der Waals surface area contributed by atoms with E-state index in [1.54, 1.807) is 0 Å². The number of nitrogens with zero attached hydrogens (tertiary/aromatic N) is 2. The Bertz CT molecular complexity index is 1530. The van der Waals surface area contributed by atoms with Gasteiger partial charge in [-0.05, 0) is 41.5 Å². The third kappa shape index (κ3) is 1.96. The summed E-state index contributed by atoms with van der Waals surface area (Å²) in [7, 11) is 2.07. The van der Waals surface area contributed by atoms with Crippen molar-refractivity contribution in [2.45, 2.75) is 6.92 Å². The molecular formula is C25H18N2O. The lowest BCUT2D eigenvalue weighted by Gasteiger charge is -2.07. The minimum Gasteiger partial charge on any atom is -0.455 e. The Balaban J connectivity index is 1.79. The fourth-order valence-electron chi connectivity index (χ4n) is 4.36. The average molecular weight is 362 g/mol. The molecule has 4 aromatic carbocycles. The Labute approximate surface area is 161 Å². The molecule has 0 fully saturated rings. The highest BCUT2D eigenvalue weighted by Gasteiger charge is 2.20. The molecule has 134 valence electrons. The lowest BCUT2D eigenvalue weighted by molar-refractivity contribution is 0.669. The van der Waals surface area contributed by atoms with Crippen molar-refractivity contribution < 1.29 is 4.42 Å². The predicted molar refractivity (Wildman–Crippen MR) is 116 cm³/mol. The molecule has 0 N–H and O–H groups in total. The van der Waals surface area contributed by atoms with Crippen LogP contribution in [0.2, 0.25) is 0 Å². The van der Waals surface area contributed by atoms with Crippen molar-refractivity contribution in [2.24, 2.45) is 7.05 Å². The zero-order valence-electron chi connectivity index (χ0n) is 15.7. The maximum Gasteiger partial charge on any atom is 0.146 e. The first-order chi connectivity index (χ1) is 13.7. The van der Waals surface area contributed by atoms with Crippen LogP contribution in [0.1, 0.15) is 5.56 Å². The molecule has 6 aromatic rings. The summed E-state index contributed by atoms with van der Waals surface area (Å²) in [5, 5.41) is 4.76. The molecular weight excluding hydrogens is 344 g/mol. The minimum atomic E-state index is 0.907. The van der Waals surface area contributed by atoms with Gasteiger partial charge in [0.25, 0.3) is 0 Å². The molecule has 3 heteroatoms. The SMILES string of the molecule is Cc1ccc2c(oc3ccc4ccccc4c32)c1-c1nc2ccccc2n1C. The van der Waals surface area contributed by atoms with E-state index >= 15 is 0 Å². The number of furan rings is 1. The van der Waals surface area contributed by atoms with Crippen LogP contribution >= 0.6 is 0 Å². The van der Waals surface area contributed by atoms with E-state index in [2.05, 4.69) is 85.3 Å². The summed E-state index contributed by atoms with van der Waals surface area (Å²) in [5.74, 6) is 0.938. The number of aryl methyl sites for hydroxylation is 2. The quantitative estimate of drug-likeness (QED) is 0.330. The van der Waals surface area contributed by atoms with E-state index in [9.17, 15) is 0 Å². The Hall–Kier alpha value is -3.59. The summed E-state index contributed by atoms with van der Waals surface area (Å²) in [6, 6.07) is 25.3. The van der Waals surface area contributed by atoms with Gasteiger partial charge in [0.2, 0.25) is 0 Å². The fourth-order valence-corrected chi connectivity index (χ4v) is 4.36. The van der Waals surface area contributed by atoms with Crippen LogP contribution in [0.25, 0.3) is 55.1 Å². The van der Waals surface area contributed by atoms with Gasteiger partial charge in [-0.2, -0.15) is 0 Å². The Morgan fingerprint density at radius 2 is 1.64 bits per heavy atom. The first kappa shape index (κ1) is 15.5. The van der Waals surface area contributed by atoms with Crippen molar-refractivity contribution in [3.63, 3.8) is 0 Å². The largest absolute Gasteiger partial charge is 0.455 e. The number of benzene rings is 4. The molecule has 0 amide bonds. The maximum atomic E-state index is 6.42. The van der Waals surface area contributed by atoms with E-state index in [1.165, 1.54) is 16.2 Å². The van der Waals surface area contributed by atoms with Gasteiger partial charge in [-0.15, -0.1) is 0 Å². The summed E-state index contributed by atoms with van der Waals surface area (Å²) >= 11 is 0. The van der Waals surface area contributed by atoms with E-state index in [4.69, 9.17) is 9.40 Å². The standard InChI is InChI=1S/C25H18N2O/c1-15-11-13-18-23-17-8-4-3-7-16(17)12-14-21(23)28-24(18)22(15)25-26-19-9-5-6-10-20(19)27(25)2/h3-14H,1-2H3. The average Bonchev–Trinajstić information content (AvgIpc) is 3.26. The highest BCUT2D eigenvalue weighted by molar-refractivity contribution is 6.20. The third-order valence-electron chi connectivity index (χ3n) is 5.75. The lowest BCUT2D eigenvalue weighted by Crippen LogP contribution is -1.95. The van der Waals surface area contributed by atoms with Gasteiger partial charge in [0, 0.05) is 17.8 Å². The summed E-state index contributed by atoms with van der Waals surface area (Å²) < 4.78 is 8.58. The third-order valence-corrected chi connectivity index (χ3v) is 5.75. The van der Waals surface area contributed by atoms with Gasteiger partial charge in [-0.3, -0.25) is 0 Å². The summed E-state index contributed by atoms with van der Waals surface area (Å²) in [6.45, 7) is 2.12. The molecule has 0 bridgehead atoms. The Morgan fingerprint density at radius 1 is 0.821 bits per heavy atom. The van der Waals surface area contributed by atoms with E-state index in [-0.39, 0.29) is 0 Å². The number of hydrogen-bond acceptors (Lipinski definition) is 2. The molecule has 2 aromatic heterocycles. The summed E-state index contributed by atoms with van der Waals surface area (Å²) in [4.78, 5) is 4.93. The van der Waals surface area contributed by atoms with Crippen LogP contribution in [0.5, 0.6) is 0 Å². The predicted octanol–water partition coefficient (Wildman–Crippen LogP) is 6.60. The maximum absolute atomic E-state index is 6.42. The zero-order chi connectivity index (χ0) is 18.8. The van der Waals surface area contributed by atoms with Crippen molar-refractivity contribution in [2.75, 3.05) is 0 Å². The minimum absolute atomic E-state index is 0.907. The van der Waals surface area contributed by atoms with Crippen molar-refractivity contribution in [3.8, 4) is 11.4 Å². The fraction of sp³-hybridized carbons (Fsp3) is 0.0800. The van der Waals surface area contributed by atoms with E-state index < -0.39 is 0 Å². The van der Waals surface area contributed by atoms with Gasteiger partial charge in [-0.1, -0.05) is 54.6 Å². The van der Waals surface area contributed by atoms with E-state index in [0.29, 0.717) is 0 Å². The van der Waals surface area contributed by atoms with Gasteiger partial charge >= 0.3 is 0 Å². The van der Waals surface area contributed by atoms with Crippen molar-refractivity contribution in [1.82, 2.24) is 9.55 Å². The number of rotatable bonds is 1. The van der Waals surface area contributed by atoms with Crippen LogP contribution in [0.4, 0.5) is 0 Å². The van der Waals surface area contributed by atoms with Crippen LogP contribution in [-0.2, 0) is 7.05 Å². The highest BCUT2D eigenvalue weighted by atomic mass is 16.3. The number of imidazole rings is 1. The molecule has 28 heavy (non-hydrogen) atoms. The molecule has 0 aliphatic carbocycles. The monoisotopic (exact) mass is 362 g/mol. The van der Waals surface area contributed by atoms with Crippen molar-refractivity contribution in [3.05, 3.63) is 78.4 Å². The number of aromatic nitrogens is 2. The molecule has 0 saturated heterocycles. The molecule has 2 heterocycles. The Kier molecular flexibility index (Phi) is 3.01. The van der Waals surface area contributed by atoms with Gasteiger partial charge in [-0.25, -0.2) is 4.98 Å². The zero-order valence-corrected chi connectivity index (χ0v) is 15.7. The van der Waals surface area contributed by atoms with Gasteiger partial charge in [0.1, 0.15) is 17.0 Å². The van der Waals surface area contributed by atoms with Crippen LogP contribution in [-0.4, -0.2) is 9.55 Å². The molecule has 6 rings (SSSR count). The first-order valence-corrected chi connectivity index (χ1v) is 9.48. The topological polar surface area (TPSA) is 31.0 Å². The second kappa shape index (κ2) is 5.46. The van der Waals surface area contributed by atoms with Crippen LogP contribution < -0.4 is 0 Å². The van der Waals surface area contributed by atoms with Crippen molar-refractivity contribution >= 4 is 43.7 Å². The van der Waals surface area contributed by atoms with Crippen LogP contribution in [0.15, 0.2) is 77.2 Å². The van der Waals surface area contributed by atoms with E-state index in [1.807, 2.05) is 6.07 Å². The summed E-state index contributed by atoms with van der Waals surface area (Å²) in [6.07, 6.45) is 0. The second-order valence-corrected chi connectivity index (χ2v) is 7.38. The van der Waals surface area contributed by atoms with Crippen LogP contribution in [0, 0.1) is 6.92 Å². The molecule has 0 unspecified atom stereocenters.